The lowest BCUT2D eigenvalue weighted by Gasteiger charge is -2.02. The zero-order valence-electron chi connectivity index (χ0n) is 15.3. The van der Waals surface area contributed by atoms with Crippen LogP contribution in [0.4, 0.5) is 5.82 Å². The molecule has 0 atom stereocenters. The summed E-state index contributed by atoms with van der Waals surface area (Å²) in [5.74, 6) is 0.917. The topological polar surface area (TPSA) is 84.8 Å². The fourth-order valence-corrected chi connectivity index (χ4v) is 2.84. The summed E-state index contributed by atoms with van der Waals surface area (Å²) in [7, 11) is 1.61. The van der Waals surface area contributed by atoms with E-state index in [1.807, 2.05) is 60.8 Å². The van der Waals surface area contributed by atoms with Gasteiger partial charge in [-0.05, 0) is 23.8 Å². The van der Waals surface area contributed by atoms with E-state index in [1.165, 1.54) is 0 Å². The molecule has 28 heavy (non-hydrogen) atoms. The highest BCUT2D eigenvalue weighted by Crippen LogP contribution is 2.22. The molecule has 140 valence electrons. The Morgan fingerprint density at radius 1 is 1.11 bits per heavy atom. The summed E-state index contributed by atoms with van der Waals surface area (Å²) in [6.45, 7) is 0.640. The molecule has 2 heterocycles. The van der Waals surface area contributed by atoms with Crippen molar-refractivity contribution in [2.24, 2.45) is 0 Å². The molecular formula is C21H19N5O2. The molecular weight excluding hydrogens is 354 g/mol. The average molecular weight is 373 g/mol. The van der Waals surface area contributed by atoms with Gasteiger partial charge in [0.2, 0.25) is 0 Å². The van der Waals surface area contributed by atoms with Crippen molar-refractivity contribution in [3.63, 3.8) is 0 Å². The van der Waals surface area contributed by atoms with E-state index in [4.69, 9.17) is 4.74 Å². The van der Waals surface area contributed by atoms with Crippen molar-refractivity contribution in [1.29, 1.82) is 0 Å². The monoisotopic (exact) mass is 373 g/mol. The molecule has 0 radical (unpaired) electrons. The van der Waals surface area contributed by atoms with Crippen molar-refractivity contribution in [2.75, 3.05) is 12.4 Å². The molecule has 0 saturated heterocycles. The first-order valence-corrected chi connectivity index (χ1v) is 8.80. The van der Waals surface area contributed by atoms with Gasteiger partial charge < -0.3 is 10.1 Å². The maximum atomic E-state index is 12.5. The predicted molar refractivity (Wildman–Crippen MR) is 106 cm³/mol. The van der Waals surface area contributed by atoms with Crippen LogP contribution in [0, 0.1) is 0 Å². The largest absolute Gasteiger partial charge is 0.497 e. The van der Waals surface area contributed by atoms with E-state index in [2.05, 4.69) is 20.6 Å². The molecule has 2 aromatic carbocycles. The van der Waals surface area contributed by atoms with Crippen molar-refractivity contribution in [3.05, 3.63) is 84.2 Å². The molecule has 0 aliphatic carbocycles. The zero-order valence-corrected chi connectivity index (χ0v) is 15.3. The molecule has 0 saturated carbocycles. The summed E-state index contributed by atoms with van der Waals surface area (Å²) in [6.07, 6.45) is 1.83. The van der Waals surface area contributed by atoms with Gasteiger partial charge in [0.05, 0.1) is 19.3 Å². The first-order chi connectivity index (χ1) is 13.7. The number of nitrogens with one attached hydrogen (secondary N) is 2. The first kappa shape index (κ1) is 17.5. The van der Waals surface area contributed by atoms with Gasteiger partial charge in [0.1, 0.15) is 11.4 Å². The third kappa shape index (κ3) is 3.93. The first-order valence-electron chi connectivity index (χ1n) is 8.80. The van der Waals surface area contributed by atoms with Crippen LogP contribution in [-0.4, -0.2) is 33.0 Å². The van der Waals surface area contributed by atoms with Gasteiger partial charge in [0.15, 0.2) is 5.82 Å². The number of benzene rings is 2. The quantitative estimate of drug-likeness (QED) is 0.541. The van der Waals surface area contributed by atoms with Crippen LogP contribution >= 0.6 is 0 Å². The van der Waals surface area contributed by atoms with Gasteiger partial charge in [0.25, 0.3) is 5.91 Å². The minimum Gasteiger partial charge on any atom is -0.497 e. The number of amides is 1. The molecule has 7 heteroatoms. The fourth-order valence-electron chi connectivity index (χ4n) is 2.84. The molecule has 0 fully saturated rings. The van der Waals surface area contributed by atoms with E-state index >= 15 is 0 Å². The van der Waals surface area contributed by atoms with E-state index in [0.717, 1.165) is 16.9 Å². The van der Waals surface area contributed by atoms with Crippen molar-refractivity contribution in [2.45, 2.75) is 6.54 Å². The van der Waals surface area contributed by atoms with Crippen molar-refractivity contribution >= 4 is 11.7 Å². The summed E-state index contributed by atoms with van der Waals surface area (Å²) < 4.78 is 7.00. The Morgan fingerprint density at radius 3 is 2.79 bits per heavy atom. The van der Waals surface area contributed by atoms with Crippen LogP contribution in [0.2, 0.25) is 0 Å². The van der Waals surface area contributed by atoms with Crippen LogP contribution in [0.1, 0.15) is 16.1 Å². The van der Waals surface area contributed by atoms with E-state index in [1.54, 1.807) is 23.9 Å². The average Bonchev–Trinajstić information content (AvgIpc) is 3.39. The second-order valence-electron chi connectivity index (χ2n) is 6.24. The third-order valence-electron chi connectivity index (χ3n) is 4.26. The normalized spacial score (nSPS) is 10.6. The van der Waals surface area contributed by atoms with Crippen molar-refractivity contribution < 1.29 is 9.53 Å². The lowest BCUT2D eigenvalue weighted by Crippen LogP contribution is -2.13. The Kier molecular flexibility index (Phi) is 4.88. The van der Waals surface area contributed by atoms with Crippen molar-refractivity contribution in [1.82, 2.24) is 20.0 Å². The molecule has 0 aliphatic heterocycles. The molecule has 2 aromatic heterocycles. The molecule has 1 amide bonds. The number of aromatic nitrogens is 4. The van der Waals surface area contributed by atoms with Crippen LogP contribution < -0.4 is 10.1 Å². The number of anilines is 1. The Labute approximate surface area is 162 Å². The maximum Gasteiger partial charge on any atom is 0.274 e. The minimum atomic E-state index is -0.299. The number of rotatable bonds is 6. The van der Waals surface area contributed by atoms with E-state index in [-0.39, 0.29) is 5.91 Å². The second-order valence-corrected chi connectivity index (χ2v) is 6.24. The maximum absolute atomic E-state index is 12.5. The van der Waals surface area contributed by atoms with Gasteiger partial charge in [-0.1, -0.05) is 42.5 Å². The van der Waals surface area contributed by atoms with E-state index in [0.29, 0.717) is 23.8 Å². The van der Waals surface area contributed by atoms with Gasteiger partial charge in [-0.3, -0.25) is 14.6 Å². The molecule has 4 aromatic rings. The number of carbonyl (C=O) groups is 1. The highest BCUT2D eigenvalue weighted by molar-refractivity contribution is 6.02. The molecule has 0 unspecified atom stereocenters. The number of ether oxygens (including phenoxy) is 1. The fraction of sp³-hybridized carbons (Fsp3) is 0.0952. The third-order valence-corrected chi connectivity index (χ3v) is 4.26. The minimum absolute atomic E-state index is 0.299. The molecule has 0 bridgehead atoms. The van der Waals surface area contributed by atoms with Gasteiger partial charge in [0, 0.05) is 17.8 Å². The van der Waals surface area contributed by atoms with Gasteiger partial charge in [-0.25, -0.2) is 0 Å². The summed E-state index contributed by atoms with van der Waals surface area (Å²) in [5, 5.41) is 14.2. The predicted octanol–water partition coefficient (Wildman–Crippen LogP) is 3.58. The number of carbonyl (C=O) groups excluding carboxylic acids is 1. The molecule has 7 nitrogen and oxygen atoms in total. The number of hydrogen-bond donors (Lipinski definition) is 2. The van der Waals surface area contributed by atoms with E-state index in [9.17, 15) is 4.79 Å². The summed E-state index contributed by atoms with van der Waals surface area (Å²) >= 11 is 0. The summed E-state index contributed by atoms with van der Waals surface area (Å²) in [6, 6.07) is 21.0. The lowest BCUT2D eigenvalue weighted by molar-refractivity contribution is 0.102. The molecule has 4 rings (SSSR count). The molecule has 0 spiro atoms. The molecule has 0 aliphatic rings. The SMILES string of the molecule is COc1cccc(-c2cc(C(=O)Nc3ccn(Cc4ccccc4)n3)[nH]n2)c1. The zero-order chi connectivity index (χ0) is 19.3. The summed E-state index contributed by atoms with van der Waals surface area (Å²) in [5.41, 5.74) is 3.02. The van der Waals surface area contributed by atoms with Crippen LogP contribution in [0.5, 0.6) is 5.75 Å². The highest BCUT2D eigenvalue weighted by atomic mass is 16.5. The summed E-state index contributed by atoms with van der Waals surface area (Å²) in [4.78, 5) is 12.5. The number of aromatic amines is 1. The Bertz CT molecular complexity index is 1080. The number of methoxy groups -OCH3 is 1. The van der Waals surface area contributed by atoms with Gasteiger partial charge in [-0.15, -0.1) is 0 Å². The van der Waals surface area contributed by atoms with E-state index < -0.39 is 0 Å². The molecule has 2 N–H and O–H groups in total. The van der Waals surface area contributed by atoms with Crippen LogP contribution in [0.15, 0.2) is 72.9 Å². The Hall–Kier alpha value is -3.87. The van der Waals surface area contributed by atoms with Gasteiger partial charge >= 0.3 is 0 Å². The smallest absolute Gasteiger partial charge is 0.274 e. The van der Waals surface area contributed by atoms with Crippen molar-refractivity contribution in [3.8, 4) is 17.0 Å². The second kappa shape index (κ2) is 7.79. The van der Waals surface area contributed by atoms with Crippen LogP contribution in [0.25, 0.3) is 11.3 Å². The number of H-pyrrole nitrogens is 1. The van der Waals surface area contributed by atoms with Gasteiger partial charge in [-0.2, -0.15) is 10.2 Å². The van der Waals surface area contributed by atoms with Crippen LogP contribution in [0.3, 0.4) is 0 Å². The number of nitrogens with zero attached hydrogens (tertiary/aromatic N) is 3. The standard InChI is InChI=1S/C21H19N5O2/c1-28-17-9-5-8-16(12-17)18-13-19(24-23-18)21(27)22-20-10-11-26(25-20)14-15-6-3-2-4-7-15/h2-13H,14H2,1H3,(H,23,24)(H,22,25,27). The lowest BCUT2D eigenvalue weighted by atomic mass is 10.1. The Morgan fingerprint density at radius 2 is 1.96 bits per heavy atom. The Balaban J connectivity index is 1.44. The van der Waals surface area contributed by atoms with Crippen LogP contribution in [-0.2, 0) is 6.54 Å². The highest BCUT2D eigenvalue weighted by Gasteiger charge is 2.13. The number of hydrogen-bond acceptors (Lipinski definition) is 4.